The van der Waals surface area contributed by atoms with E-state index in [2.05, 4.69) is 0 Å². The van der Waals surface area contributed by atoms with Crippen LogP contribution in [0.25, 0.3) is 0 Å². The molecular formula is C12H18FNO3S. The predicted molar refractivity (Wildman–Crippen MR) is 68.4 cm³/mol. The maximum absolute atomic E-state index is 13.0. The van der Waals surface area contributed by atoms with Gasteiger partial charge in [-0.3, -0.25) is 0 Å². The molecule has 1 aromatic rings. The van der Waals surface area contributed by atoms with Gasteiger partial charge in [-0.25, -0.2) is 12.8 Å². The van der Waals surface area contributed by atoms with E-state index in [1.807, 2.05) is 0 Å². The second-order valence-corrected chi connectivity index (χ2v) is 6.22. The molecule has 0 fully saturated rings. The number of sulfone groups is 1. The fraction of sp³-hybridized carbons (Fsp3) is 0.500. The highest BCUT2D eigenvalue weighted by Gasteiger charge is 2.17. The Morgan fingerprint density at radius 3 is 2.50 bits per heavy atom. The van der Waals surface area contributed by atoms with E-state index < -0.39 is 15.7 Å². The summed E-state index contributed by atoms with van der Waals surface area (Å²) < 4.78 is 36.9. The molecule has 3 N–H and O–H groups in total. The van der Waals surface area contributed by atoms with Crippen LogP contribution in [0.3, 0.4) is 0 Å². The molecule has 0 aliphatic carbocycles. The zero-order valence-corrected chi connectivity index (χ0v) is 10.9. The summed E-state index contributed by atoms with van der Waals surface area (Å²) >= 11 is 0. The third-order valence-corrected chi connectivity index (χ3v) is 4.48. The highest BCUT2D eigenvalue weighted by molar-refractivity contribution is 7.91. The number of nitrogen functional groups attached to an aromatic ring is 1. The van der Waals surface area contributed by atoms with Gasteiger partial charge in [0.25, 0.3) is 0 Å². The predicted octanol–water partition coefficient (Wildman–Crippen LogP) is 1.73. The molecule has 0 aliphatic rings. The molecule has 0 spiro atoms. The summed E-state index contributed by atoms with van der Waals surface area (Å²) in [5.41, 5.74) is 5.62. The van der Waals surface area contributed by atoms with Gasteiger partial charge < -0.3 is 10.8 Å². The van der Waals surface area contributed by atoms with Crippen molar-refractivity contribution in [2.75, 3.05) is 18.1 Å². The van der Waals surface area contributed by atoms with E-state index in [0.717, 1.165) is 25.0 Å². The number of unbranched alkanes of at least 4 members (excludes halogenated alkanes) is 3. The van der Waals surface area contributed by atoms with Gasteiger partial charge in [-0.05, 0) is 31.0 Å². The van der Waals surface area contributed by atoms with Crippen LogP contribution in [-0.2, 0) is 9.84 Å². The second kappa shape index (κ2) is 6.70. The maximum Gasteiger partial charge on any atom is 0.180 e. The van der Waals surface area contributed by atoms with E-state index in [1.54, 1.807) is 0 Å². The number of nitrogens with two attached hydrogens (primary N) is 1. The highest BCUT2D eigenvalue weighted by Crippen LogP contribution is 2.21. The van der Waals surface area contributed by atoms with Crippen molar-refractivity contribution in [1.82, 2.24) is 0 Å². The van der Waals surface area contributed by atoms with Crippen LogP contribution in [0.5, 0.6) is 0 Å². The Bertz CT molecular complexity index is 488. The van der Waals surface area contributed by atoms with Gasteiger partial charge in [0, 0.05) is 6.61 Å². The maximum atomic E-state index is 13.0. The Morgan fingerprint density at radius 1 is 1.17 bits per heavy atom. The second-order valence-electron chi connectivity index (χ2n) is 4.14. The summed E-state index contributed by atoms with van der Waals surface area (Å²) in [6, 6.07) is 3.35. The van der Waals surface area contributed by atoms with Crippen molar-refractivity contribution in [2.45, 2.75) is 30.6 Å². The minimum Gasteiger partial charge on any atom is -0.398 e. The number of hydrogen-bond acceptors (Lipinski definition) is 4. The van der Waals surface area contributed by atoms with Crippen LogP contribution in [0.1, 0.15) is 25.7 Å². The number of anilines is 1. The molecular weight excluding hydrogens is 257 g/mol. The summed E-state index contributed by atoms with van der Waals surface area (Å²) in [6.45, 7) is 0.115. The van der Waals surface area contributed by atoms with Gasteiger partial charge in [0.05, 0.1) is 16.3 Å². The van der Waals surface area contributed by atoms with Crippen LogP contribution in [0.4, 0.5) is 10.1 Å². The first-order valence-electron chi connectivity index (χ1n) is 5.86. The van der Waals surface area contributed by atoms with E-state index in [9.17, 15) is 12.8 Å². The number of benzene rings is 1. The standard InChI is InChI=1S/C12H18FNO3S/c13-10-5-6-11(14)12(9-10)18(16,17)8-4-2-1-3-7-15/h5-6,9,15H,1-4,7-8,14H2. The zero-order chi connectivity index (χ0) is 13.6. The van der Waals surface area contributed by atoms with Gasteiger partial charge >= 0.3 is 0 Å². The molecule has 0 bridgehead atoms. The van der Waals surface area contributed by atoms with E-state index in [1.165, 1.54) is 6.07 Å². The van der Waals surface area contributed by atoms with Crippen molar-refractivity contribution < 1.29 is 17.9 Å². The quantitative estimate of drug-likeness (QED) is 0.586. The SMILES string of the molecule is Nc1ccc(F)cc1S(=O)(=O)CCCCCCO. The molecule has 0 amide bonds. The normalized spacial score (nSPS) is 11.7. The molecule has 0 aromatic heterocycles. The van der Waals surface area contributed by atoms with Crippen LogP contribution >= 0.6 is 0 Å². The minimum atomic E-state index is -3.53. The van der Waals surface area contributed by atoms with Crippen molar-refractivity contribution in [3.8, 4) is 0 Å². The summed E-state index contributed by atoms with van der Waals surface area (Å²) in [5.74, 6) is -0.658. The molecule has 0 radical (unpaired) electrons. The number of halogens is 1. The van der Waals surface area contributed by atoms with Crippen LogP contribution in [-0.4, -0.2) is 25.9 Å². The monoisotopic (exact) mass is 275 g/mol. The van der Waals surface area contributed by atoms with E-state index in [-0.39, 0.29) is 22.9 Å². The summed E-state index contributed by atoms with van der Waals surface area (Å²) in [4.78, 5) is -0.135. The Kier molecular flexibility index (Phi) is 5.55. The van der Waals surface area contributed by atoms with Gasteiger partial charge in [-0.15, -0.1) is 0 Å². The zero-order valence-electron chi connectivity index (χ0n) is 10.1. The summed E-state index contributed by atoms with van der Waals surface area (Å²) in [6.07, 6.45) is 2.65. The topological polar surface area (TPSA) is 80.4 Å². The largest absolute Gasteiger partial charge is 0.398 e. The first kappa shape index (κ1) is 14.9. The molecule has 0 unspecified atom stereocenters. The van der Waals surface area contributed by atoms with Crippen molar-refractivity contribution >= 4 is 15.5 Å². The third-order valence-electron chi connectivity index (χ3n) is 2.63. The number of aliphatic hydroxyl groups is 1. The fourth-order valence-corrected chi connectivity index (χ4v) is 3.17. The van der Waals surface area contributed by atoms with Gasteiger partial charge in [-0.2, -0.15) is 0 Å². The minimum absolute atomic E-state index is 0.0495. The molecule has 0 heterocycles. The first-order valence-corrected chi connectivity index (χ1v) is 7.51. The van der Waals surface area contributed by atoms with E-state index >= 15 is 0 Å². The van der Waals surface area contributed by atoms with E-state index in [4.69, 9.17) is 10.8 Å². The average Bonchev–Trinajstić information content (AvgIpc) is 2.32. The van der Waals surface area contributed by atoms with Crippen molar-refractivity contribution in [3.63, 3.8) is 0 Å². The van der Waals surface area contributed by atoms with Gasteiger partial charge in [0.1, 0.15) is 5.82 Å². The number of aliphatic hydroxyl groups excluding tert-OH is 1. The lowest BCUT2D eigenvalue weighted by atomic mass is 10.2. The average molecular weight is 275 g/mol. The molecule has 1 aromatic carbocycles. The highest BCUT2D eigenvalue weighted by atomic mass is 32.2. The first-order chi connectivity index (χ1) is 8.47. The lowest BCUT2D eigenvalue weighted by Gasteiger charge is -2.07. The smallest absolute Gasteiger partial charge is 0.180 e. The molecule has 6 heteroatoms. The fourth-order valence-electron chi connectivity index (χ4n) is 1.64. The molecule has 0 atom stereocenters. The van der Waals surface area contributed by atoms with Crippen molar-refractivity contribution in [1.29, 1.82) is 0 Å². The van der Waals surface area contributed by atoms with Crippen LogP contribution in [0.15, 0.2) is 23.1 Å². The lowest BCUT2D eigenvalue weighted by Crippen LogP contribution is -2.10. The third kappa shape index (κ3) is 4.27. The summed E-state index contributed by atoms with van der Waals surface area (Å²) in [7, 11) is -3.53. The number of hydrogen-bond donors (Lipinski definition) is 2. The van der Waals surface area contributed by atoms with Crippen LogP contribution in [0.2, 0.25) is 0 Å². The summed E-state index contributed by atoms with van der Waals surface area (Å²) in [5, 5.41) is 8.59. The Labute approximate surface area is 107 Å². The Morgan fingerprint density at radius 2 is 1.83 bits per heavy atom. The van der Waals surface area contributed by atoms with Gasteiger partial charge in [0.15, 0.2) is 9.84 Å². The molecule has 18 heavy (non-hydrogen) atoms. The van der Waals surface area contributed by atoms with Gasteiger partial charge in [0.2, 0.25) is 0 Å². The molecule has 0 aliphatic heterocycles. The van der Waals surface area contributed by atoms with Crippen molar-refractivity contribution in [2.24, 2.45) is 0 Å². The molecule has 0 saturated carbocycles. The Hall–Kier alpha value is -1.14. The Balaban J connectivity index is 2.66. The van der Waals surface area contributed by atoms with Crippen molar-refractivity contribution in [3.05, 3.63) is 24.0 Å². The molecule has 102 valence electrons. The lowest BCUT2D eigenvalue weighted by molar-refractivity contribution is 0.283. The van der Waals surface area contributed by atoms with Gasteiger partial charge in [-0.1, -0.05) is 12.8 Å². The van der Waals surface area contributed by atoms with Crippen LogP contribution in [0, 0.1) is 5.82 Å². The number of rotatable bonds is 7. The molecule has 1 rings (SSSR count). The molecule has 4 nitrogen and oxygen atoms in total. The van der Waals surface area contributed by atoms with E-state index in [0.29, 0.717) is 12.8 Å². The molecule has 0 saturated heterocycles. The van der Waals surface area contributed by atoms with Crippen LogP contribution < -0.4 is 5.73 Å².